The molecule has 7 heteroatoms. The van der Waals surface area contributed by atoms with E-state index in [2.05, 4.69) is 15.5 Å². The number of carbonyl (C=O) groups is 2. The Morgan fingerprint density at radius 2 is 1.74 bits per heavy atom. The molecule has 3 rings (SSSR count). The average Bonchev–Trinajstić information content (AvgIpc) is 3.21. The molecular weight excluding hydrogens is 385 g/mol. The molecule has 1 heterocycles. The molecule has 2 amide bonds. The molecule has 0 aromatic heterocycles. The highest BCUT2D eigenvalue weighted by Crippen LogP contribution is 2.28. The summed E-state index contributed by atoms with van der Waals surface area (Å²) in [7, 11) is 0. The largest absolute Gasteiger partial charge is 0.371 e. The van der Waals surface area contributed by atoms with Gasteiger partial charge in [-0.05, 0) is 36.6 Å². The van der Waals surface area contributed by atoms with Crippen LogP contribution in [0.4, 0.5) is 11.4 Å². The first-order valence-electron chi connectivity index (χ1n) is 8.85. The van der Waals surface area contributed by atoms with Crippen molar-refractivity contribution in [2.45, 2.75) is 24.2 Å². The highest BCUT2D eigenvalue weighted by Gasteiger charge is 2.21. The Balaban J connectivity index is 1.82. The van der Waals surface area contributed by atoms with Gasteiger partial charge in [-0.25, -0.2) is 0 Å². The third-order valence-corrected chi connectivity index (χ3v) is 4.85. The van der Waals surface area contributed by atoms with Gasteiger partial charge in [0.25, 0.3) is 11.8 Å². The molecule has 5 nitrogen and oxygen atoms in total. The van der Waals surface area contributed by atoms with E-state index in [9.17, 15) is 9.59 Å². The first-order chi connectivity index (χ1) is 13.0. The van der Waals surface area contributed by atoms with Crippen LogP contribution in [-0.4, -0.2) is 29.7 Å². The van der Waals surface area contributed by atoms with Gasteiger partial charge in [0.2, 0.25) is 0 Å². The summed E-state index contributed by atoms with van der Waals surface area (Å²) in [6.45, 7) is 2.26. The van der Waals surface area contributed by atoms with Crippen LogP contribution in [0, 0.1) is 0 Å². The highest BCUT2D eigenvalue weighted by molar-refractivity contribution is 6.54. The third kappa shape index (κ3) is 5.15. The summed E-state index contributed by atoms with van der Waals surface area (Å²) in [5, 5.41) is 5.58. The maximum Gasteiger partial charge on any atom is 0.257 e. The van der Waals surface area contributed by atoms with E-state index < -0.39 is 10.7 Å². The number of benzene rings is 2. The molecule has 142 valence electrons. The number of anilines is 2. The lowest BCUT2D eigenvalue weighted by atomic mass is 10.1. The van der Waals surface area contributed by atoms with Crippen molar-refractivity contribution in [1.82, 2.24) is 5.32 Å². The van der Waals surface area contributed by atoms with Gasteiger partial charge in [0.15, 0.2) is 4.84 Å². The molecule has 0 saturated carbocycles. The zero-order valence-electron chi connectivity index (χ0n) is 14.8. The average molecular weight is 406 g/mol. The minimum absolute atomic E-state index is 0.190. The second kappa shape index (κ2) is 9.11. The second-order valence-electron chi connectivity index (χ2n) is 6.38. The molecule has 2 aromatic rings. The van der Waals surface area contributed by atoms with Gasteiger partial charge in [0.05, 0.1) is 5.56 Å². The maximum atomic E-state index is 12.9. The fraction of sp³-hybridized carbons (Fsp3) is 0.300. The molecule has 0 spiro atoms. The smallest absolute Gasteiger partial charge is 0.257 e. The topological polar surface area (TPSA) is 61.4 Å². The number of amides is 2. The SMILES string of the molecule is O=C(NCc1ccccc1)c1cc(NC(=O)C(Cl)Cl)ccc1N1CCCC1. The zero-order valence-corrected chi connectivity index (χ0v) is 16.3. The molecule has 2 aromatic carbocycles. The summed E-state index contributed by atoms with van der Waals surface area (Å²) in [5.74, 6) is -0.715. The van der Waals surface area contributed by atoms with Crippen LogP contribution in [0.3, 0.4) is 0 Å². The van der Waals surface area contributed by atoms with Crippen LogP contribution < -0.4 is 15.5 Å². The number of hydrogen-bond acceptors (Lipinski definition) is 3. The molecule has 0 aliphatic carbocycles. The minimum atomic E-state index is -1.17. The Hall–Kier alpha value is -2.24. The van der Waals surface area contributed by atoms with E-state index >= 15 is 0 Å². The summed E-state index contributed by atoms with van der Waals surface area (Å²) in [5.41, 5.74) is 2.89. The fourth-order valence-corrected chi connectivity index (χ4v) is 3.21. The lowest BCUT2D eigenvalue weighted by molar-refractivity contribution is -0.114. The van der Waals surface area contributed by atoms with Crippen molar-refractivity contribution >= 4 is 46.4 Å². The van der Waals surface area contributed by atoms with Crippen molar-refractivity contribution in [3.63, 3.8) is 0 Å². The predicted octanol–water partition coefficient (Wildman–Crippen LogP) is 3.96. The number of alkyl halides is 2. The van der Waals surface area contributed by atoms with Crippen molar-refractivity contribution in [2.75, 3.05) is 23.3 Å². The second-order valence-corrected chi connectivity index (χ2v) is 7.48. The van der Waals surface area contributed by atoms with Gasteiger partial charge in [-0.2, -0.15) is 0 Å². The molecule has 0 atom stereocenters. The van der Waals surface area contributed by atoms with Gasteiger partial charge in [0.1, 0.15) is 0 Å². The van der Waals surface area contributed by atoms with Gasteiger partial charge in [-0.3, -0.25) is 9.59 Å². The fourth-order valence-electron chi connectivity index (χ4n) is 3.10. The molecule has 0 bridgehead atoms. The number of halogens is 2. The van der Waals surface area contributed by atoms with Crippen molar-refractivity contribution < 1.29 is 9.59 Å². The van der Waals surface area contributed by atoms with E-state index in [4.69, 9.17) is 23.2 Å². The van der Waals surface area contributed by atoms with E-state index in [-0.39, 0.29) is 5.91 Å². The summed E-state index contributed by atoms with van der Waals surface area (Å²) < 4.78 is 0. The lowest BCUT2D eigenvalue weighted by Gasteiger charge is -2.22. The minimum Gasteiger partial charge on any atom is -0.371 e. The number of carbonyl (C=O) groups excluding carboxylic acids is 2. The Morgan fingerprint density at radius 3 is 2.41 bits per heavy atom. The molecule has 2 N–H and O–H groups in total. The van der Waals surface area contributed by atoms with Crippen LogP contribution in [0.5, 0.6) is 0 Å². The van der Waals surface area contributed by atoms with Crippen molar-refractivity contribution in [1.29, 1.82) is 0 Å². The molecule has 1 aliphatic rings. The van der Waals surface area contributed by atoms with Gasteiger partial charge < -0.3 is 15.5 Å². The Bertz CT molecular complexity index is 806. The summed E-state index contributed by atoms with van der Waals surface area (Å²) >= 11 is 11.2. The first-order valence-corrected chi connectivity index (χ1v) is 9.72. The van der Waals surface area contributed by atoms with Crippen molar-refractivity contribution in [3.05, 3.63) is 59.7 Å². The Morgan fingerprint density at radius 1 is 1.04 bits per heavy atom. The lowest BCUT2D eigenvalue weighted by Crippen LogP contribution is -2.27. The molecule has 1 saturated heterocycles. The van der Waals surface area contributed by atoms with Crippen LogP contribution in [-0.2, 0) is 11.3 Å². The molecule has 0 unspecified atom stereocenters. The van der Waals surface area contributed by atoms with Crippen LogP contribution in [0.15, 0.2) is 48.5 Å². The van der Waals surface area contributed by atoms with E-state index in [0.717, 1.165) is 37.2 Å². The molecule has 0 radical (unpaired) electrons. The summed E-state index contributed by atoms with van der Waals surface area (Å²) in [6.07, 6.45) is 2.20. The van der Waals surface area contributed by atoms with Crippen LogP contribution in [0.2, 0.25) is 0 Å². The predicted molar refractivity (Wildman–Crippen MR) is 110 cm³/mol. The number of nitrogens with one attached hydrogen (secondary N) is 2. The van der Waals surface area contributed by atoms with Crippen LogP contribution in [0.1, 0.15) is 28.8 Å². The van der Waals surface area contributed by atoms with Gasteiger partial charge in [0, 0.05) is 31.0 Å². The van der Waals surface area contributed by atoms with Crippen molar-refractivity contribution in [2.24, 2.45) is 0 Å². The molecular formula is C20H21Cl2N3O2. The molecule has 1 aliphatic heterocycles. The van der Waals surface area contributed by atoms with E-state index in [1.807, 2.05) is 36.4 Å². The Kier molecular flexibility index (Phi) is 6.58. The van der Waals surface area contributed by atoms with Crippen LogP contribution in [0.25, 0.3) is 0 Å². The number of rotatable bonds is 6. The highest BCUT2D eigenvalue weighted by atomic mass is 35.5. The third-order valence-electron chi connectivity index (χ3n) is 4.45. The molecule has 1 fully saturated rings. The van der Waals surface area contributed by atoms with Crippen molar-refractivity contribution in [3.8, 4) is 0 Å². The maximum absolute atomic E-state index is 12.9. The zero-order chi connectivity index (χ0) is 19.2. The monoisotopic (exact) mass is 405 g/mol. The van der Waals surface area contributed by atoms with E-state index in [0.29, 0.717) is 17.8 Å². The normalized spacial score (nSPS) is 13.7. The van der Waals surface area contributed by atoms with Gasteiger partial charge in [-0.1, -0.05) is 53.5 Å². The standard InChI is InChI=1S/C20H21Cl2N3O2/c21-18(22)20(27)24-15-8-9-17(25-10-4-5-11-25)16(12-15)19(26)23-13-14-6-2-1-3-7-14/h1-3,6-9,12,18H,4-5,10-11,13H2,(H,23,26)(H,24,27). The Labute approximate surface area is 168 Å². The van der Waals surface area contributed by atoms with Gasteiger partial charge in [-0.15, -0.1) is 0 Å². The summed E-state index contributed by atoms with van der Waals surface area (Å²) in [4.78, 5) is 25.6. The number of nitrogens with zero attached hydrogens (tertiary/aromatic N) is 1. The quantitative estimate of drug-likeness (QED) is 0.714. The van der Waals surface area contributed by atoms with E-state index in [1.54, 1.807) is 12.1 Å². The number of hydrogen-bond donors (Lipinski definition) is 2. The van der Waals surface area contributed by atoms with Gasteiger partial charge >= 0.3 is 0 Å². The van der Waals surface area contributed by atoms with E-state index in [1.165, 1.54) is 0 Å². The summed E-state index contributed by atoms with van der Waals surface area (Å²) in [6, 6.07) is 15.0. The van der Waals surface area contributed by atoms with Crippen LogP contribution >= 0.6 is 23.2 Å². The first kappa shape index (κ1) is 19.5. The molecule has 27 heavy (non-hydrogen) atoms.